The molecule has 0 bridgehead atoms. The number of rotatable bonds is 7. The van der Waals surface area contributed by atoms with E-state index in [1.165, 1.54) is 11.9 Å². The predicted octanol–water partition coefficient (Wildman–Crippen LogP) is 1.26. The van der Waals surface area contributed by atoms with Gasteiger partial charge in [0.25, 0.3) is 5.91 Å². The maximum atomic E-state index is 12.6. The van der Waals surface area contributed by atoms with Crippen molar-refractivity contribution in [3.8, 4) is 0 Å². The zero-order chi connectivity index (χ0) is 23.1. The van der Waals surface area contributed by atoms with Gasteiger partial charge in [0.2, 0.25) is 11.8 Å². The van der Waals surface area contributed by atoms with Crippen LogP contribution in [0.4, 0.5) is 10.5 Å². The van der Waals surface area contributed by atoms with Crippen LogP contribution in [-0.4, -0.2) is 54.3 Å². The summed E-state index contributed by atoms with van der Waals surface area (Å²) in [7, 11) is 1.53. The van der Waals surface area contributed by atoms with Crippen molar-refractivity contribution in [3.05, 3.63) is 65.7 Å². The normalized spacial score (nSPS) is 16.2. The lowest BCUT2D eigenvalue weighted by Crippen LogP contribution is -2.46. The number of carbonyl (C=O) groups excluding carboxylic acids is 4. The van der Waals surface area contributed by atoms with Gasteiger partial charge < -0.3 is 26.6 Å². The number of amides is 5. The summed E-state index contributed by atoms with van der Waals surface area (Å²) < 4.78 is 0. The third kappa shape index (κ3) is 5.63. The minimum Gasteiger partial charge on any atom is -0.368 e. The average molecular weight is 438 g/mol. The Labute approximate surface area is 186 Å². The van der Waals surface area contributed by atoms with E-state index in [1.54, 1.807) is 24.3 Å². The van der Waals surface area contributed by atoms with Crippen LogP contribution in [0.5, 0.6) is 0 Å². The van der Waals surface area contributed by atoms with Crippen molar-refractivity contribution in [1.29, 1.82) is 0 Å². The Morgan fingerprint density at radius 2 is 1.75 bits per heavy atom. The molecule has 0 aliphatic carbocycles. The van der Waals surface area contributed by atoms with Crippen LogP contribution < -0.4 is 21.7 Å². The van der Waals surface area contributed by atoms with Crippen molar-refractivity contribution in [3.63, 3.8) is 0 Å². The predicted molar refractivity (Wildman–Crippen MR) is 120 cm³/mol. The first-order valence-electron chi connectivity index (χ1n) is 10.4. The SMILES string of the molecule is CNC(=O)N1CCCC1C(=O)Nc1ccc(C(=O)NC(Cc2ccccc2)C(N)=O)cc1. The highest BCUT2D eigenvalue weighted by atomic mass is 16.2. The molecule has 2 aromatic carbocycles. The Hall–Kier alpha value is -3.88. The van der Waals surface area contributed by atoms with Gasteiger partial charge in [-0.15, -0.1) is 0 Å². The van der Waals surface area contributed by atoms with Gasteiger partial charge in [0.1, 0.15) is 12.1 Å². The zero-order valence-corrected chi connectivity index (χ0v) is 17.8. The molecule has 5 amide bonds. The summed E-state index contributed by atoms with van der Waals surface area (Å²) in [5, 5.41) is 7.99. The van der Waals surface area contributed by atoms with E-state index in [-0.39, 0.29) is 11.9 Å². The second-order valence-corrected chi connectivity index (χ2v) is 7.59. The summed E-state index contributed by atoms with van der Waals surface area (Å²) in [6.45, 7) is 0.529. The molecule has 2 atom stereocenters. The number of nitrogens with zero attached hydrogens (tertiary/aromatic N) is 1. The molecule has 3 rings (SSSR count). The molecule has 168 valence electrons. The summed E-state index contributed by atoms with van der Waals surface area (Å²) in [5.41, 5.74) is 7.17. The van der Waals surface area contributed by atoms with Crippen LogP contribution in [0.15, 0.2) is 54.6 Å². The Morgan fingerprint density at radius 1 is 1.06 bits per heavy atom. The molecule has 1 heterocycles. The first-order valence-corrected chi connectivity index (χ1v) is 10.4. The van der Waals surface area contributed by atoms with Crippen LogP contribution in [0.1, 0.15) is 28.8 Å². The molecule has 2 unspecified atom stereocenters. The number of urea groups is 1. The largest absolute Gasteiger partial charge is 0.368 e. The van der Waals surface area contributed by atoms with Gasteiger partial charge in [-0.2, -0.15) is 0 Å². The Kier molecular flexibility index (Phi) is 7.43. The average Bonchev–Trinajstić information content (AvgIpc) is 3.29. The maximum Gasteiger partial charge on any atom is 0.317 e. The number of anilines is 1. The summed E-state index contributed by atoms with van der Waals surface area (Å²) in [6, 6.07) is 13.9. The number of nitrogens with one attached hydrogen (secondary N) is 3. The fourth-order valence-corrected chi connectivity index (χ4v) is 3.67. The van der Waals surface area contributed by atoms with Crippen molar-refractivity contribution < 1.29 is 19.2 Å². The van der Waals surface area contributed by atoms with E-state index in [1.807, 2.05) is 30.3 Å². The van der Waals surface area contributed by atoms with Crippen molar-refractivity contribution in [2.24, 2.45) is 5.73 Å². The molecular weight excluding hydrogens is 410 g/mol. The first-order chi connectivity index (χ1) is 15.4. The maximum absolute atomic E-state index is 12.6. The molecule has 1 aliphatic rings. The van der Waals surface area contributed by atoms with Gasteiger partial charge in [-0.05, 0) is 42.7 Å². The molecule has 0 aromatic heterocycles. The summed E-state index contributed by atoms with van der Waals surface area (Å²) in [4.78, 5) is 50.4. The van der Waals surface area contributed by atoms with Gasteiger partial charge >= 0.3 is 6.03 Å². The standard InChI is InChI=1S/C23H27N5O4/c1-25-23(32)28-13-5-8-19(28)22(31)26-17-11-9-16(10-12-17)21(30)27-18(20(24)29)14-15-6-3-2-4-7-15/h2-4,6-7,9-12,18-19H,5,8,13-14H2,1H3,(H2,24,29)(H,25,32)(H,26,31)(H,27,30). The Bertz CT molecular complexity index is 978. The minimum atomic E-state index is -0.845. The van der Waals surface area contributed by atoms with Crippen molar-refractivity contribution >= 4 is 29.4 Å². The van der Waals surface area contributed by atoms with Crippen LogP contribution in [0.3, 0.4) is 0 Å². The molecule has 0 spiro atoms. The number of hydrogen-bond acceptors (Lipinski definition) is 4. The number of hydrogen-bond donors (Lipinski definition) is 4. The highest BCUT2D eigenvalue weighted by molar-refractivity contribution is 5.99. The third-order valence-electron chi connectivity index (χ3n) is 5.38. The lowest BCUT2D eigenvalue weighted by Gasteiger charge is -2.23. The summed E-state index contributed by atoms with van der Waals surface area (Å²) in [5.74, 6) is -1.34. The van der Waals surface area contributed by atoms with E-state index in [0.717, 1.165) is 12.0 Å². The van der Waals surface area contributed by atoms with E-state index in [0.29, 0.717) is 30.6 Å². The topological polar surface area (TPSA) is 134 Å². The molecule has 1 saturated heterocycles. The number of carbonyl (C=O) groups is 4. The molecule has 0 radical (unpaired) electrons. The Balaban J connectivity index is 1.60. The number of likely N-dealkylation sites (tertiary alicyclic amines) is 1. The summed E-state index contributed by atoms with van der Waals surface area (Å²) in [6.07, 6.45) is 1.64. The van der Waals surface area contributed by atoms with Gasteiger partial charge in [0.05, 0.1) is 0 Å². The Morgan fingerprint density at radius 3 is 2.38 bits per heavy atom. The lowest BCUT2D eigenvalue weighted by atomic mass is 10.0. The number of primary amides is 1. The van der Waals surface area contributed by atoms with Gasteiger partial charge in [0, 0.05) is 31.3 Å². The van der Waals surface area contributed by atoms with E-state index >= 15 is 0 Å². The molecule has 1 aliphatic heterocycles. The fourth-order valence-electron chi connectivity index (χ4n) is 3.67. The molecule has 1 fully saturated rings. The van der Waals surface area contributed by atoms with E-state index in [9.17, 15) is 19.2 Å². The second kappa shape index (κ2) is 10.4. The highest BCUT2D eigenvalue weighted by Crippen LogP contribution is 2.19. The van der Waals surface area contributed by atoms with E-state index in [4.69, 9.17) is 5.73 Å². The molecule has 2 aromatic rings. The van der Waals surface area contributed by atoms with E-state index in [2.05, 4.69) is 16.0 Å². The van der Waals surface area contributed by atoms with Gasteiger partial charge in [-0.3, -0.25) is 14.4 Å². The van der Waals surface area contributed by atoms with Crippen LogP contribution >= 0.6 is 0 Å². The summed E-state index contributed by atoms with van der Waals surface area (Å²) >= 11 is 0. The molecule has 9 heteroatoms. The van der Waals surface area contributed by atoms with Crippen LogP contribution in [0.25, 0.3) is 0 Å². The fraction of sp³-hybridized carbons (Fsp3) is 0.304. The quantitative estimate of drug-likeness (QED) is 0.519. The monoisotopic (exact) mass is 437 g/mol. The third-order valence-corrected chi connectivity index (χ3v) is 5.38. The molecule has 0 saturated carbocycles. The van der Waals surface area contributed by atoms with Crippen LogP contribution in [0, 0.1) is 0 Å². The highest BCUT2D eigenvalue weighted by Gasteiger charge is 2.33. The molecular formula is C23H27N5O4. The lowest BCUT2D eigenvalue weighted by molar-refractivity contribution is -0.120. The van der Waals surface area contributed by atoms with Gasteiger partial charge in [-0.25, -0.2) is 4.79 Å². The molecule has 32 heavy (non-hydrogen) atoms. The van der Waals surface area contributed by atoms with Gasteiger partial charge in [0.15, 0.2) is 0 Å². The van der Waals surface area contributed by atoms with E-state index < -0.39 is 23.9 Å². The van der Waals surface area contributed by atoms with Crippen LogP contribution in [-0.2, 0) is 16.0 Å². The molecule has 9 nitrogen and oxygen atoms in total. The van der Waals surface area contributed by atoms with Crippen molar-refractivity contribution in [2.45, 2.75) is 31.3 Å². The zero-order valence-electron chi connectivity index (χ0n) is 17.8. The van der Waals surface area contributed by atoms with Crippen molar-refractivity contribution in [2.75, 3.05) is 18.9 Å². The first kappa shape index (κ1) is 22.8. The molecule has 5 N–H and O–H groups in total. The smallest absolute Gasteiger partial charge is 0.317 e. The number of benzene rings is 2. The van der Waals surface area contributed by atoms with Gasteiger partial charge in [-0.1, -0.05) is 30.3 Å². The van der Waals surface area contributed by atoms with Crippen LogP contribution in [0.2, 0.25) is 0 Å². The second-order valence-electron chi connectivity index (χ2n) is 7.59. The minimum absolute atomic E-state index is 0.278. The van der Waals surface area contributed by atoms with Crippen molar-refractivity contribution in [1.82, 2.24) is 15.5 Å². The number of nitrogens with two attached hydrogens (primary N) is 1.